The SMILES string of the molecule is C=CCN1CCCNN1. The van der Waals surface area contributed by atoms with Crippen LogP contribution in [-0.4, -0.2) is 24.6 Å². The summed E-state index contributed by atoms with van der Waals surface area (Å²) < 4.78 is 0. The number of nitrogens with zero attached hydrogens (tertiary/aromatic N) is 1. The van der Waals surface area contributed by atoms with Crippen molar-refractivity contribution < 1.29 is 0 Å². The van der Waals surface area contributed by atoms with Crippen molar-refractivity contribution >= 4 is 0 Å². The lowest BCUT2D eigenvalue weighted by Gasteiger charge is -2.26. The third-order valence-electron chi connectivity index (χ3n) is 1.32. The Morgan fingerprint density at radius 1 is 1.67 bits per heavy atom. The Balaban J connectivity index is 2.15. The Morgan fingerprint density at radius 3 is 3.11 bits per heavy atom. The second-order valence-corrected chi connectivity index (χ2v) is 2.13. The Morgan fingerprint density at radius 2 is 2.56 bits per heavy atom. The van der Waals surface area contributed by atoms with Crippen LogP contribution in [0.4, 0.5) is 0 Å². The molecule has 0 aliphatic carbocycles. The molecule has 52 valence electrons. The van der Waals surface area contributed by atoms with Crippen LogP contribution in [0, 0.1) is 0 Å². The monoisotopic (exact) mass is 127 g/mol. The lowest BCUT2D eigenvalue weighted by Crippen LogP contribution is -2.52. The van der Waals surface area contributed by atoms with Gasteiger partial charge in [-0.3, -0.25) is 0 Å². The summed E-state index contributed by atoms with van der Waals surface area (Å²) in [6.07, 6.45) is 3.10. The summed E-state index contributed by atoms with van der Waals surface area (Å²) >= 11 is 0. The van der Waals surface area contributed by atoms with Crippen molar-refractivity contribution in [2.75, 3.05) is 19.6 Å². The molecule has 2 N–H and O–H groups in total. The molecule has 1 fully saturated rings. The normalized spacial score (nSPS) is 21.8. The molecule has 0 aromatic heterocycles. The molecule has 3 nitrogen and oxygen atoms in total. The molecular weight excluding hydrogens is 114 g/mol. The average Bonchev–Trinajstić information content (AvgIpc) is 1.91. The minimum absolute atomic E-state index is 0.910. The molecule has 0 atom stereocenters. The van der Waals surface area contributed by atoms with E-state index in [1.165, 1.54) is 6.42 Å². The number of rotatable bonds is 2. The molecule has 0 aromatic rings. The predicted molar refractivity (Wildman–Crippen MR) is 37.5 cm³/mol. The smallest absolute Gasteiger partial charge is 0.0322 e. The first kappa shape index (κ1) is 6.74. The van der Waals surface area contributed by atoms with E-state index in [1.807, 2.05) is 6.08 Å². The zero-order valence-corrected chi connectivity index (χ0v) is 5.56. The van der Waals surface area contributed by atoms with E-state index in [0.717, 1.165) is 19.6 Å². The Bertz CT molecular complexity index is 86.3. The van der Waals surface area contributed by atoms with Gasteiger partial charge in [0.2, 0.25) is 0 Å². The molecule has 0 saturated carbocycles. The van der Waals surface area contributed by atoms with Crippen LogP contribution < -0.4 is 11.0 Å². The molecule has 0 bridgehead atoms. The van der Waals surface area contributed by atoms with Gasteiger partial charge in [0, 0.05) is 19.6 Å². The van der Waals surface area contributed by atoms with Gasteiger partial charge in [0.25, 0.3) is 0 Å². The lowest BCUT2D eigenvalue weighted by molar-refractivity contribution is 0.133. The minimum atomic E-state index is 0.910. The quantitative estimate of drug-likeness (QED) is 0.507. The van der Waals surface area contributed by atoms with Crippen molar-refractivity contribution in [1.82, 2.24) is 16.0 Å². The van der Waals surface area contributed by atoms with Crippen molar-refractivity contribution in [1.29, 1.82) is 0 Å². The van der Waals surface area contributed by atoms with Gasteiger partial charge < -0.3 is 0 Å². The summed E-state index contributed by atoms with van der Waals surface area (Å²) in [5, 5.41) is 2.09. The van der Waals surface area contributed by atoms with Crippen molar-refractivity contribution in [3.05, 3.63) is 12.7 Å². The fourth-order valence-electron chi connectivity index (χ4n) is 0.875. The van der Waals surface area contributed by atoms with E-state index >= 15 is 0 Å². The van der Waals surface area contributed by atoms with E-state index in [9.17, 15) is 0 Å². The highest BCUT2D eigenvalue weighted by Gasteiger charge is 2.04. The van der Waals surface area contributed by atoms with E-state index < -0.39 is 0 Å². The maximum atomic E-state index is 3.65. The van der Waals surface area contributed by atoms with Crippen LogP contribution in [0.25, 0.3) is 0 Å². The molecule has 1 heterocycles. The van der Waals surface area contributed by atoms with E-state index in [2.05, 4.69) is 22.5 Å². The van der Waals surface area contributed by atoms with Crippen LogP contribution >= 0.6 is 0 Å². The van der Waals surface area contributed by atoms with Crippen molar-refractivity contribution in [3.63, 3.8) is 0 Å². The average molecular weight is 127 g/mol. The maximum Gasteiger partial charge on any atom is 0.0322 e. The summed E-state index contributed by atoms with van der Waals surface area (Å²) in [6, 6.07) is 0. The zero-order chi connectivity index (χ0) is 6.53. The molecule has 0 radical (unpaired) electrons. The highest BCUT2D eigenvalue weighted by atomic mass is 15.7. The van der Waals surface area contributed by atoms with Gasteiger partial charge in [-0.15, -0.1) is 6.58 Å². The van der Waals surface area contributed by atoms with Gasteiger partial charge in [-0.1, -0.05) is 6.08 Å². The summed E-state index contributed by atoms with van der Waals surface area (Å²) in [7, 11) is 0. The molecule has 9 heavy (non-hydrogen) atoms. The van der Waals surface area contributed by atoms with Crippen molar-refractivity contribution in [3.8, 4) is 0 Å². The second-order valence-electron chi connectivity index (χ2n) is 2.13. The van der Waals surface area contributed by atoms with Gasteiger partial charge in [0.1, 0.15) is 0 Å². The van der Waals surface area contributed by atoms with Crippen LogP contribution in [0.15, 0.2) is 12.7 Å². The van der Waals surface area contributed by atoms with Gasteiger partial charge in [0.05, 0.1) is 0 Å². The summed E-state index contributed by atoms with van der Waals surface area (Å²) in [5.74, 6) is 0. The third-order valence-corrected chi connectivity index (χ3v) is 1.32. The number of nitrogens with one attached hydrogen (secondary N) is 2. The number of hydrazine groups is 2. The first-order chi connectivity index (χ1) is 4.43. The first-order valence-corrected chi connectivity index (χ1v) is 3.28. The number of hydrogen-bond acceptors (Lipinski definition) is 3. The van der Waals surface area contributed by atoms with Gasteiger partial charge >= 0.3 is 0 Å². The molecule has 3 heteroatoms. The fourth-order valence-corrected chi connectivity index (χ4v) is 0.875. The van der Waals surface area contributed by atoms with Crippen LogP contribution in [-0.2, 0) is 0 Å². The fraction of sp³-hybridized carbons (Fsp3) is 0.667. The summed E-state index contributed by atoms with van der Waals surface area (Å²) in [6.45, 7) is 6.73. The molecule has 1 aliphatic heterocycles. The van der Waals surface area contributed by atoms with Gasteiger partial charge in [-0.2, -0.15) is 5.53 Å². The second kappa shape index (κ2) is 3.61. The van der Waals surface area contributed by atoms with E-state index in [-0.39, 0.29) is 0 Å². The van der Waals surface area contributed by atoms with Gasteiger partial charge in [-0.05, 0) is 6.42 Å². The summed E-state index contributed by atoms with van der Waals surface area (Å²) in [5.41, 5.74) is 6.08. The maximum absolute atomic E-state index is 3.65. The highest BCUT2D eigenvalue weighted by Crippen LogP contribution is 1.89. The largest absolute Gasteiger partial charge is 0.244 e. The molecule has 1 rings (SSSR count). The first-order valence-electron chi connectivity index (χ1n) is 3.28. The molecular formula is C6H13N3. The lowest BCUT2D eigenvalue weighted by atomic mass is 10.4. The van der Waals surface area contributed by atoms with Crippen molar-refractivity contribution in [2.24, 2.45) is 0 Å². The minimum Gasteiger partial charge on any atom is -0.244 e. The molecule has 0 spiro atoms. The van der Waals surface area contributed by atoms with E-state index in [0.29, 0.717) is 0 Å². The van der Waals surface area contributed by atoms with Gasteiger partial charge in [0.15, 0.2) is 0 Å². The van der Waals surface area contributed by atoms with Crippen LogP contribution in [0.3, 0.4) is 0 Å². The van der Waals surface area contributed by atoms with Crippen LogP contribution in [0.2, 0.25) is 0 Å². The van der Waals surface area contributed by atoms with Crippen molar-refractivity contribution in [2.45, 2.75) is 6.42 Å². The highest BCUT2D eigenvalue weighted by molar-refractivity contribution is 4.72. The van der Waals surface area contributed by atoms with E-state index in [4.69, 9.17) is 0 Å². The molecule has 1 aliphatic rings. The zero-order valence-electron chi connectivity index (χ0n) is 5.56. The molecule has 0 aromatic carbocycles. The van der Waals surface area contributed by atoms with Crippen LogP contribution in [0.1, 0.15) is 6.42 Å². The van der Waals surface area contributed by atoms with Gasteiger partial charge in [-0.25, -0.2) is 10.4 Å². The standard InChI is InChI=1S/C6H13N3/c1-2-5-9-6-3-4-7-8-9/h2,7-8H,1,3-6H2. The molecule has 0 unspecified atom stereocenters. The summed E-state index contributed by atoms with van der Waals surface area (Å²) in [4.78, 5) is 0. The predicted octanol–water partition coefficient (Wildman–Crippen LogP) is -0.113. The van der Waals surface area contributed by atoms with Crippen LogP contribution in [0.5, 0.6) is 0 Å². The van der Waals surface area contributed by atoms with E-state index in [1.54, 1.807) is 0 Å². The Labute approximate surface area is 55.7 Å². The third kappa shape index (κ3) is 2.13. The Hall–Kier alpha value is -0.380. The topological polar surface area (TPSA) is 27.3 Å². The molecule has 1 saturated heterocycles. The number of hydrogen-bond donors (Lipinski definition) is 2. The molecule has 0 amide bonds. The Kier molecular flexibility index (Phi) is 2.70.